The molecule has 23 heavy (non-hydrogen) atoms. The highest BCUT2D eigenvalue weighted by atomic mass is 16.2. The SMILES string of the molecule is CN1CCN(CCCCNC(=O)N2C[C@H]3CCCC[C@@H]3C2)CC1. The molecule has 5 nitrogen and oxygen atoms in total. The van der Waals surface area contributed by atoms with Crippen LogP contribution in [0.1, 0.15) is 38.5 Å². The quantitative estimate of drug-likeness (QED) is 0.785. The lowest BCUT2D eigenvalue weighted by molar-refractivity contribution is 0.152. The van der Waals surface area contributed by atoms with Gasteiger partial charge in [-0.05, 0) is 51.1 Å². The molecule has 0 aromatic carbocycles. The number of nitrogens with zero attached hydrogens (tertiary/aromatic N) is 3. The molecule has 2 aliphatic heterocycles. The van der Waals surface area contributed by atoms with Crippen molar-refractivity contribution in [3.8, 4) is 0 Å². The first-order chi connectivity index (χ1) is 11.2. The Kier molecular flexibility index (Phi) is 6.17. The zero-order valence-electron chi connectivity index (χ0n) is 14.8. The van der Waals surface area contributed by atoms with Crippen LogP contribution in [-0.4, -0.2) is 80.1 Å². The van der Waals surface area contributed by atoms with Gasteiger partial charge in [0.25, 0.3) is 0 Å². The molecule has 0 unspecified atom stereocenters. The number of nitrogens with one attached hydrogen (secondary N) is 1. The molecule has 1 aliphatic carbocycles. The van der Waals surface area contributed by atoms with Gasteiger partial charge in [0.2, 0.25) is 0 Å². The highest BCUT2D eigenvalue weighted by Crippen LogP contribution is 2.35. The predicted molar refractivity (Wildman–Crippen MR) is 93.6 cm³/mol. The fourth-order valence-electron chi connectivity index (χ4n) is 4.41. The highest BCUT2D eigenvalue weighted by molar-refractivity contribution is 5.74. The number of likely N-dealkylation sites (N-methyl/N-ethyl adjacent to an activating group) is 1. The van der Waals surface area contributed by atoms with E-state index in [1.807, 2.05) is 0 Å². The normalized spacial score (nSPS) is 29.5. The maximum absolute atomic E-state index is 12.3. The molecule has 0 bridgehead atoms. The number of urea groups is 1. The van der Waals surface area contributed by atoms with Crippen molar-refractivity contribution < 1.29 is 4.79 Å². The minimum Gasteiger partial charge on any atom is -0.338 e. The fraction of sp³-hybridized carbons (Fsp3) is 0.944. The first kappa shape index (κ1) is 17.0. The number of hydrogen-bond donors (Lipinski definition) is 1. The van der Waals surface area contributed by atoms with Gasteiger partial charge in [-0.2, -0.15) is 0 Å². The molecule has 0 aromatic heterocycles. The van der Waals surface area contributed by atoms with Crippen LogP contribution in [0, 0.1) is 11.8 Å². The molecule has 0 aromatic rings. The van der Waals surface area contributed by atoms with Gasteiger partial charge in [-0.15, -0.1) is 0 Å². The summed E-state index contributed by atoms with van der Waals surface area (Å²) in [6, 6.07) is 0.180. The van der Waals surface area contributed by atoms with Gasteiger partial charge >= 0.3 is 6.03 Å². The minimum atomic E-state index is 0.180. The van der Waals surface area contributed by atoms with E-state index in [0.29, 0.717) is 0 Å². The lowest BCUT2D eigenvalue weighted by Gasteiger charge is -2.32. The smallest absolute Gasteiger partial charge is 0.317 e. The minimum absolute atomic E-state index is 0.180. The van der Waals surface area contributed by atoms with Crippen LogP contribution < -0.4 is 5.32 Å². The molecule has 1 N–H and O–H groups in total. The van der Waals surface area contributed by atoms with Gasteiger partial charge in [0.1, 0.15) is 0 Å². The maximum Gasteiger partial charge on any atom is 0.317 e. The second kappa shape index (κ2) is 8.34. The Morgan fingerprint density at radius 3 is 2.30 bits per heavy atom. The van der Waals surface area contributed by atoms with Crippen LogP contribution in [0.25, 0.3) is 0 Å². The second-order valence-corrected chi connectivity index (χ2v) is 7.79. The number of unbranched alkanes of at least 4 members (excludes halogenated alkanes) is 1. The van der Waals surface area contributed by atoms with Crippen LogP contribution in [0.4, 0.5) is 4.79 Å². The van der Waals surface area contributed by atoms with Gasteiger partial charge in [0.05, 0.1) is 0 Å². The summed E-state index contributed by atoms with van der Waals surface area (Å²) in [5.41, 5.74) is 0. The lowest BCUT2D eigenvalue weighted by Crippen LogP contribution is -2.44. The second-order valence-electron chi connectivity index (χ2n) is 7.79. The van der Waals surface area contributed by atoms with Crippen molar-refractivity contribution in [1.29, 1.82) is 0 Å². The largest absolute Gasteiger partial charge is 0.338 e. The number of hydrogen-bond acceptors (Lipinski definition) is 3. The Balaban J connectivity index is 1.25. The summed E-state index contributed by atoms with van der Waals surface area (Å²) in [5, 5.41) is 3.14. The van der Waals surface area contributed by atoms with Crippen LogP contribution in [0.3, 0.4) is 0 Å². The molecular formula is C18H34N4O. The van der Waals surface area contributed by atoms with Crippen LogP contribution >= 0.6 is 0 Å². The Morgan fingerprint density at radius 2 is 1.65 bits per heavy atom. The Morgan fingerprint density at radius 1 is 1.00 bits per heavy atom. The van der Waals surface area contributed by atoms with Gasteiger partial charge in [-0.3, -0.25) is 0 Å². The lowest BCUT2D eigenvalue weighted by atomic mass is 9.82. The molecule has 2 heterocycles. The third-order valence-electron chi connectivity index (χ3n) is 6.04. The number of carbonyl (C=O) groups excluding carboxylic acids is 1. The van der Waals surface area contributed by atoms with E-state index in [1.165, 1.54) is 64.8 Å². The van der Waals surface area contributed by atoms with Crippen molar-refractivity contribution in [2.75, 3.05) is 59.4 Å². The van der Waals surface area contributed by atoms with E-state index in [-0.39, 0.29) is 6.03 Å². The average molecular weight is 322 g/mol. The van der Waals surface area contributed by atoms with E-state index in [9.17, 15) is 4.79 Å². The van der Waals surface area contributed by atoms with Gasteiger partial charge in [0, 0.05) is 45.8 Å². The maximum atomic E-state index is 12.3. The average Bonchev–Trinajstić information content (AvgIpc) is 3.00. The van der Waals surface area contributed by atoms with Crippen molar-refractivity contribution in [1.82, 2.24) is 20.0 Å². The van der Waals surface area contributed by atoms with E-state index in [0.717, 1.165) is 37.9 Å². The Bertz CT molecular complexity index is 367. The molecule has 132 valence electrons. The molecule has 2 saturated heterocycles. The van der Waals surface area contributed by atoms with Crippen LogP contribution in [0.2, 0.25) is 0 Å². The monoisotopic (exact) mass is 322 g/mol. The number of likely N-dealkylation sites (tertiary alicyclic amines) is 1. The summed E-state index contributed by atoms with van der Waals surface area (Å²) in [6.07, 6.45) is 7.68. The van der Waals surface area contributed by atoms with Gasteiger partial charge in [-0.1, -0.05) is 12.8 Å². The molecule has 3 aliphatic rings. The van der Waals surface area contributed by atoms with E-state index in [4.69, 9.17) is 0 Å². The van der Waals surface area contributed by atoms with E-state index in [1.54, 1.807) is 0 Å². The molecule has 0 spiro atoms. The summed E-state index contributed by atoms with van der Waals surface area (Å²) in [4.78, 5) is 19.3. The first-order valence-electron chi connectivity index (χ1n) is 9.66. The number of amides is 2. The van der Waals surface area contributed by atoms with Crippen molar-refractivity contribution in [3.63, 3.8) is 0 Å². The van der Waals surface area contributed by atoms with E-state index in [2.05, 4.69) is 27.1 Å². The molecule has 1 saturated carbocycles. The molecule has 3 fully saturated rings. The molecule has 2 amide bonds. The number of carbonyl (C=O) groups is 1. The molecular weight excluding hydrogens is 288 g/mol. The zero-order valence-corrected chi connectivity index (χ0v) is 14.8. The standard InChI is InChI=1S/C18H34N4O/c1-20-10-12-21(13-11-20)9-5-4-8-19-18(23)22-14-16-6-2-3-7-17(16)15-22/h16-17H,2-15H2,1H3,(H,19,23)/t16-,17-/m1/s1. The van der Waals surface area contributed by atoms with E-state index >= 15 is 0 Å². The molecule has 0 radical (unpaired) electrons. The van der Waals surface area contributed by atoms with Crippen molar-refractivity contribution in [2.24, 2.45) is 11.8 Å². The fourth-order valence-corrected chi connectivity index (χ4v) is 4.41. The third kappa shape index (κ3) is 4.83. The van der Waals surface area contributed by atoms with Crippen molar-refractivity contribution >= 4 is 6.03 Å². The number of rotatable bonds is 5. The summed E-state index contributed by atoms with van der Waals surface area (Å²) in [5.74, 6) is 1.57. The summed E-state index contributed by atoms with van der Waals surface area (Å²) >= 11 is 0. The van der Waals surface area contributed by atoms with E-state index < -0.39 is 0 Å². The third-order valence-corrected chi connectivity index (χ3v) is 6.04. The topological polar surface area (TPSA) is 38.8 Å². The summed E-state index contributed by atoms with van der Waals surface area (Å²) in [6.45, 7) is 8.77. The van der Waals surface area contributed by atoms with Crippen LogP contribution in [0.5, 0.6) is 0 Å². The summed E-state index contributed by atoms with van der Waals surface area (Å²) < 4.78 is 0. The Hall–Kier alpha value is -0.810. The van der Waals surface area contributed by atoms with Crippen LogP contribution in [0.15, 0.2) is 0 Å². The van der Waals surface area contributed by atoms with Gasteiger partial charge in [0.15, 0.2) is 0 Å². The zero-order chi connectivity index (χ0) is 16.1. The predicted octanol–water partition coefficient (Wildman–Crippen LogP) is 1.85. The molecule has 2 atom stereocenters. The summed E-state index contributed by atoms with van der Waals surface area (Å²) in [7, 11) is 2.20. The molecule has 3 rings (SSSR count). The highest BCUT2D eigenvalue weighted by Gasteiger charge is 2.36. The van der Waals surface area contributed by atoms with Gasteiger partial charge in [-0.25, -0.2) is 4.79 Å². The first-order valence-corrected chi connectivity index (χ1v) is 9.66. The molecule has 5 heteroatoms. The van der Waals surface area contributed by atoms with Crippen LogP contribution in [-0.2, 0) is 0 Å². The number of piperazine rings is 1. The number of fused-ring (bicyclic) bond motifs is 1. The van der Waals surface area contributed by atoms with Crippen molar-refractivity contribution in [2.45, 2.75) is 38.5 Å². The van der Waals surface area contributed by atoms with Gasteiger partial charge < -0.3 is 20.0 Å². The Labute approximate surface area is 141 Å². The van der Waals surface area contributed by atoms with Crippen molar-refractivity contribution in [3.05, 3.63) is 0 Å².